The number of carbonyl (C=O) groups is 2. The highest BCUT2D eigenvalue weighted by Gasteiger charge is 2.13. The largest absolute Gasteiger partial charge is 0.352 e. The third-order valence-corrected chi connectivity index (χ3v) is 4.38. The van der Waals surface area contributed by atoms with Crippen LogP contribution in [0, 0.1) is 18.6 Å². The van der Waals surface area contributed by atoms with E-state index in [9.17, 15) is 18.4 Å². The molecule has 0 saturated heterocycles. The number of halogens is 2. The molecular formula is C22H24F2N2O3. The van der Waals surface area contributed by atoms with Gasteiger partial charge in [0.25, 0.3) is 5.91 Å². The Kier molecular flexibility index (Phi) is 8.48. The number of unbranched alkanes of at least 4 members (excludes halogenated alkanes) is 2. The summed E-state index contributed by atoms with van der Waals surface area (Å²) in [7, 11) is 0. The molecule has 154 valence electrons. The highest BCUT2D eigenvalue weighted by Crippen LogP contribution is 2.21. The number of hydrogen-bond donors (Lipinski definition) is 3. The fraction of sp³-hybridized carbons (Fsp3) is 0.273. The summed E-state index contributed by atoms with van der Waals surface area (Å²) >= 11 is 0. The van der Waals surface area contributed by atoms with E-state index in [1.54, 1.807) is 30.6 Å². The molecule has 0 radical (unpaired) electrons. The molecule has 0 spiro atoms. The summed E-state index contributed by atoms with van der Waals surface area (Å²) in [6, 6.07) is 10.1. The van der Waals surface area contributed by atoms with Crippen molar-refractivity contribution >= 4 is 23.5 Å². The number of hydrogen-bond acceptors (Lipinski definition) is 3. The molecule has 0 aromatic heterocycles. The van der Waals surface area contributed by atoms with E-state index in [0.717, 1.165) is 0 Å². The lowest BCUT2D eigenvalue weighted by atomic mass is 10.0. The third-order valence-electron chi connectivity index (χ3n) is 4.38. The van der Waals surface area contributed by atoms with E-state index in [1.807, 2.05) is 0 Å². The fourth-order valence-corrected chi connectivity index (χ4v) is 2.77. The first kappa shape index (κ1) is 22.2. The van der Waals surface area contributed by atoms with Gasteiger partial charge in [-0.15, -0.1) is 0 Å². The van der Waals surface area contributed by atoms with Crippen LogP contribution in [0.4, 0.5) is 8.78 Å². The van der Waals surface area contributed by atoms with Crippen molar-refractivity contribution in [1.82, 2.24) is 10.8 Å². The van der Waals surface area contributed by atoms with Crippen LogP contribution in [-0.4, -0.2) is 23.6 Å². The van der Waals surface area contributed by atoms with Gasteiger partial charge in [-0.25, -0.2) is 14.3 Å². The zero-order valence-corrected chi connectivity index (χ0v) is 16.2. The Labute approximate surface area is 168 Å². The van der Waals surface area contributed by atoms with Gasteiger partial charge in [-0.05, 0) is 66.8 Å². The van der Waals surface area contributed by atoms with Crippen molar-refractivity contribution in [2.75, 3.05) is 6.54 Å². The standard InChI is InChI=1S/C22H24F2N2O3/c1-15-13-16(6-11-20(15)24)14-19(17-7-9-18(23)10-8-17)22(28)25-12-4-2-3-5-21(27)26-29/h6-11,13-14,29H,2-5,12H2,1H3,(H,25,28)(H,26,27)/b19-14+. The van der Waals surface area contributed by atoms with Gasteiger partial charge in [0.2, 0.25) is 5.91 Å². The normalized spacial score (nSPS) is 11.2. The first-order valence-corrected chi connectivity index (χ1v) is 9.35. The van der Waals surface area contributed by atoms with Gasteiger partial charge in [0.1, 0.15) is 11.6 Å². The van der Waals surface area contributed by atoms with E-state index in [4.69, 9.17) is 5.21 Å². The van der Waals surface area contributed by atoms with Crippen molar-refractivity contribution in [2.24, 2.45) is 0 Å². The summed E-state index contributed by atoms with van der Waals surface area (Å²) in [5, 5.41) is 11.3. The van der Waals surface area contributed by atoms with Gasteiger partial charge in [-0.1, -0.05) is 24.6 Å². The number of rotatable bonds is 9. The van der Waals surface area contributed by atoms with E-state index in [0.29, 0.717) is 48.1 Å². The van der Waals surface area contributed by atoms with Gasteiger partial charge in [-0.2, -0.15) is 0 Å². The number of aryl methyl sites for hydroxylation is 1. The van der Waals surface area contributed by atoms with E-state index < -0.39 is 11.7 Å². The lowest BCUT2D eigenvalue weighted by Gasteiger charge is -2.10. The van der Waals surface area contributed by atoms with Gasteiger partial charge in [-0.3, -0.25) is 14.8 Å². The SMILES string of the molecule is Cc1cc(/C=C(/C(=O)NCCCCCC(=O)NO)c2ccc(F)cc2)ccc1F. The van der Waals surface area contributed by atoms with Crippen molar-refractivity contribution in [3.63, 3.8) is 0 Å². The number of nitrogens with one attached hydrogen (secondary N) is 2. The Morgan fingerprint density at radius 1 is 1.03 bits per heavy atom. The molecular weight excluding hydrogens is 378 g/mol. The van der Waals surface area contributed by atoms with Crippen LogP contribution in [0.25, 0.3) is 11.6 Å². The Morgan fingerprint density at radius 2 is 1.76 bits per heavy atom. The molecule has 29 heavy (non-hydrogen) atoms. The van der Waals surface area contributed by atoms with Crippen molar-refractivity contribution in [2.45, 2.75) is 32.6 Å². The van der Waals surface area contributed by atoms with Crippen LogP contribution >= 0.6 is 0 Å². The molecule has 7 heteroatoms. The minimum atomic E-state index is -0.440. The highest BCUT2D eigenvalue weighted by atomic mass is 19.1. The van der Waals surface area contributed by atoms with Gasteiger partial charge in [0.15, 0.2) is 0 Å². The third kappa shape index (κ3) is 7.12. The van der Waals surface area contributed by atoms with Crippen molar-refractivity contribution in [3.05, 3.63) is 70.8 Å². The second-order valence-corrected chi connectivity index (χ2v) is 6.68. The summed E-state index contributed by atoms with van der Waals surface area (Å²) in [6.45, 7) is 2.04. The molecule has 5 nitrogen and oxygen atoms in total. The number of carbonyl (C=O) groups excluding carboxylic acids is 2. The van der Waals surface area contributed by atoms with E-state index in [2.05, 4.69) is 5.32 Å². The van der Waals surface area contributed by atoms with Crippen molar-refractivity contribution < 1.29 is 23.6 Å². The molecule has 0 saturated carbocycles. The maximum atomic E-state index is 13.5. The van der Waals surface area contributed by atoms with Gasteiger partial charge < -0.3 is 5.32 Å². The molecule has 2 rings (SSSR count). The molecule has 0 aliphatic heterocycles. The van der Waals surface area contributed by atoms with Crippen LogP contribution in [0.2, 0.25) is 0 Å². The molecule has 0 heterocycles. The molecule has 3 N–H and O–H groups in total. The minimum absolute atomic E-state index is 0.217. The van der Waals surface area contributed by atoms with Gasteiger partial charge >= 0.3 is 0 Å². The van der Waals surface area contributed by atoms with Gasteiger partial charge in [0, 0.05) is 18.5 Å². The van der Waals surface area contributed by atoms with E-state index in [-0.39, 0.29) is 18.1 Å². The molecule has 0 aliphatic rings. The first-order valence-electron chi connectivity index (χ1n) is 9.35. The van der Waals surface area contributed by atoms with E-state index in [1.165, 1.54) is 30.3 Å². The molecule has 2 aromatic rings. The Balaban J connectivity index is 2.08. The summed E-state index contributed by atoms with van der Waals surface area (Å²) < 4.78 is 26.8. The smallest absolute Gasteiger partial charge is 0.251 e. The maximum absolute atomic E-state index is 13.5. The highest BCUT2D eigenvalue weighted by molar-refractivity contribution is 6.24. The number of amides is 2. The monoisotopic (exact) mass is 402 g/mol. The lowest BCUT2D eigenvalue weighted by molar-refractivity contribution is -0.129. The van der Waals surface area contributed by atoms with Crippen LogP contribution < -0.4 is 10.8 Å². The lowest BCUT2D eigenvalue weighted by Crippen LogP contribution is -2.25. The van der Waals surface area contributed by atoms with Crippen molar-refractivity contribution in [3.8, 4) is 0 Å². The minimum Gasteiger partial charge on any atom is -0.352 e. The molecule has 2 amide bonds. The Hall–Kier alpha value is -3.06. The second kappa shape index (κ2) is 11.1. The van der Waals surface area contributed by atoms with Crippen LogP contribution in [0.1, 0.15) is 42.4 Å². The summed E-state index contributed by atoms with van der Waals surface area (Å²) in [5.74, 6) is -1.50. The molecule has 0 aliphatic carbocycles. The van der Waals surface area contributed by atoms with Crippen LogP contribution in [0.5, 0.6) is 0 Å². The maximum Gasteiger partial charge on any atom is 0.251 e. The summed E-state index contributed by atoms with van der Waals surface area (Å²) in [4.78, 5) is 23.7. The second-order valence-electron chi connectivity index (χ2n) is 6.68. The summed E-state index contributed by atoms with van der Waals surface area (Å²) in [6.07, 6.45) is 3.82. The van der Waals surface area contributed by atoms with Crippen molar-refractivity contribution in [1.29, 1.82) is 0 Å². The zero-order chi connectivity index (χ0) is 21.2. The number of benzene rings is 2. The Morgan fingerprint density at radius 3 is 2.41 bits per heavy atom. The molecule has 0 atom stereocenters. The topological polar surface area (TPSA) is 78.4 Å². The van der Waals surface area contributed by atoms with Gasteiger partial charge in [0.05, 0.1) is 0 Å². The molecule has 0 bridgehead atoms. The van der Waals surface area contributed by atoms with Crippen LogP contribution in [0.15, 0.2) is 42.5 Å². The predicted molar refractivity (Wildman–Crippen MR) is 107 cm³/mol. The average molecular weight is 402 g/mol. The molecule has 0 unspecified atom stereocenters. The Bertz CT molecular complexity index is 880. The van der Waals surface area contributed by atoms with Crippen LogP contribution in [-0.2, 0) is 9.59 Å². The quantitative estimate of drug-likeness (QED) is 0.195. The summed E-state index contributed by atoms with van der Waals surface area (Å²) in [5.41, 5.74) is 3.59. The fourth-order valence-electron chi connectivity index (χ4n) is 2.77. The van der Waals surface area contributed by atoms with E-state index >= 15 is 0 Å². The average Bonchev–Trinajstić information content (AvgIpc) is 2.71. The number of hydroxylamine groups is 1. The predicted octanol–water partition coefficient (Wildman–Crippen LogP) is 4.00. The zero-order valence-electron chi connectivity index (χ0n) is 16.2. The first-order chi connectivity index (χ1) is 13.9. The molecule has 0 fully saturated rings. The van der Waals surface area contributed by atoms with Crippen LogP contribution in [0.3, 0.4) is 0 Å². The molecule has 2 aromatic carbocycles.